The first-order valence-electron chi connectivity index (χ1n) is 5.55. The standard InChI is InChI=1S/C14H7ClN2O2/c15-14(19)9-3-1-8(2-4-9)13(18)11-6-5-10-7-12(11)17-16-10/h1-7H. The van der Waals surface area contributed by atoms with E-state index in [0.717, 1.165) is 5.69 Å². The normalized spacial score (nSPS) is 11.6. The molecule has 1 aliphatic rings. The number of carbonyl (C=O) groups is 2. The van der Waals surface area contributed by atoms with Crippen LogP contribution in [0.4, 0.5) is 11.4 Å². The molecule has 2 bridgehead atoms. The molecule has 0 saturated carbocycles. The lowest BCUT2D eigenvalue weighted by atomic mass is 10.0. The third-order valence-electron chi connectivity index (χ3n) is 2.87. The molecule has 19 heavy (non-hydrogen) atoms. The molecule has 0 fully saturated rings. The highest BCUT2D eigenvalue weighted by molar-refractivity contribution is 6.67. The van der Waals surface area contributed by atoms with Gasteiger partial charge >= 0.3 is 0 Å². The summed E-state index contributed by atoms with van der Waals surface area (Å²) >= 11 is 5.36. The van der Waals surface area contributed by atoms with E-state index >= 15 is 0 Å². The van der Waals surface area contributed by atoms with Crippen LogP contribution in [0.25, 0.3) is 0 Å². The summed E-state index contributed by atoms with van der Waals surface area (Å²) in [6.45, 7) is 0. The molecule has 0 N–H and O–H groups in total. The molecule has 92 valence electrons. The molecule has 0 saturated heterocycles. The predicted octanol–water partition coefficient (Wildman–Crippen LogP) is 4.03. The van der Waals surface area contributed by atoms with E-state index in [1.807, 2.05) is 0 Å². The maximum atomic E-state index is 12.3. The summed E-state index contributed by atoms with van der Waals surface area (Å²) in [5.41, 5.74) is 2.65. The third-order valence-corrected chi connectivity index (χ3v) is 3.09. The lowest BCUT2D eigenvalue weighted by Gasteiger charge is -2.02. The van der Waals surface area contributed by atoms with Gasteiger partial charge in [-0.3, -0.25) is 9.59 Å². The summed E-state index contributed by atoms with van der Waals surface area (Å²) < 4.78 is 0. The SMILES string of the molecule is O=C(Cl)c1ccc(C(=O)c2ccc3cc2N=N3)cc1. The van der Waals surface area contributed by atoms with Gasteiger partial charge in [0.2, 0.25) is 0 Å². The highest BCUT2D eigenvalue weighted by atomic mass is 35.5. The van der Waals surface area contributed by atoms with Crippen molar-refractivity contribution in [1.82, 2.24) is 0 Å². The molecule has 4 nitrogen and oxygen atoms in total. The van der Waals surface area contributed by atoms with E-state index in [-0.39, 0.29) is 5.78 Å². The number of rotatable bonds is 3. The summed E-state index contributed by atoms with van der Waals surface area (Å²) in [4.78, 5) is 23.3. The van der Waals surface area contributed by atoms with E-state index in [1.165, 1.54) is 12.1 Å². The van der Waals surface area contributed by atoms with Crippen LogP contribution in [0.2, 0.25) is 0 Å². The van der Waals surface area contributed by atoms with E-state index in [2.05, 4.69) is 10.2 Å². The first-order chi connectivity index (χ1) is 9.15. The average Bonchev–Trinajstić information content (AvgIpc) is 2.80. The molecular formula is C14H7ClN2O2. The van der Waals surface area contributed by atoms with Crippen molar-refractivity contribution in [2.24, 2.45) is 10.2 Å². The summed E-state index contributed by atoms with van der Waals surface area (Å²) in [6.07, 6.45) is 0. The molecule has 1 heterocycles. The van der Waals surface area contributed by atoms with Crippen molar-refractivity contribution in [3.8, 4) is 0 Å². The van der Waals surface area contributed by atoms with Crippen molar-refractivity contribution >= 4 is 34.0 Å². The number of ketones is 1. The molecule has 2 aromatic rings. The first-order valence-corrected chi connectivity index (χ1v) is 5.93. The van der Waals surface area contributed by atoms with Crippen LogP contribution in [0, 0.1) is 0 Å². The van der Waals surface area contributed by atoms with Crippen molar-refractivity contribution in [3.63, 3.8) is 0 Å². The molecule has 1 aliphatic heterocycles. The molecule has 2 aromatic carbocycles. The van der Waals surface area contributed by atoms with Gasteiger partial charge in [0.25, 0.3) is 5.24 Å². The van der Waals surface area contributed by atoms with Gasteiger partial charge in [0.05, 0.1) is 16.9 Å². The van der Waals surface area contributed by atoms with Crippen LogP contribution in [-0.2, 0) is 0 Å². The van der Waals surface area contributed by atoms with Crippen molar-refractivity contribution in [2.45, 2.75) is 0 Å². The molecule has 0 aromatic heterocycles. The van der Waals surface area contributed by atoms with Gasteiger partial charge in [-0.05, 0) is 41.9 Å². The number of azo groups is 1. The van der Waals surface area contributed by atoms with Crippen molar-refractivity contribution in [2.75, 3.05) is 0 Å². The topological polar surface area (TPSA) is 58.9 Å². The molecular weight excluding hydrogens is 264 g/mol. The Kier molecular flexibility index (Phi) is 2.72. The van der Waals surface area contributed by atoms with E-state index in [4.69, 9.17) is 11.6 Å². The van der Waals surface area contributed by atoms with E-state index in [9.17, 15) is 9.59 Å². The zero-order valence-corrected chi connectivity index (χ0v) is 10.4. The quantitative estimate of drug-likeness (QED) is 0.533. The number of nitrogens with zero attached hydrogens (tertiary/aromatic N) is 2. The van der Waals surface area contributed by atoms with Crippen LogP contribution in [0.5, 0.6) is 0 Å². The molecule has 0 spiro atoms. The third kappa shape index (κ3) is 2.06. The lowest BCUT2D eigenvalue weighted by Crippen LogP contribution is -2.01. The lowest BCUT2D eigenvalue weighted by molar-refractivity contribution is 0.103. The smallest absolute Gasteiger partial charge is 0.252 e. The Bertz CT molecular complexity index is 721. The van der Waals surface area contributed by atoms with E-state index in [1.54, 1.807) is 30.3 Å². The van der Waals surface area contributed by atoms with Crippen LogP contribution in [-0.4, -0.2) is 11.0 Å². The van der Waals surface area contributed by atoms with Crippen LogP contribution in [0.1, 0.15) is 26.3 Å². The Hall–Kier alpha value is -2.33. The molecule has 0 atom stereocenters. The van der Waals surface area contributed by atoms with Crippen molar-refractivity contribution < 1.29 is 9.59 Å². The summed E-state index contributed by atoms with van der Waals surface area (Å²) in [7, 11) is 0. The highest BCUT2D eigenvalue weighted by Crippen LogP contribution is 2.33. The van der Waals surface area contributed by atoms with Gasteiger partial charge in [-0.2, -0.15) is 5.11 Å². The van der Waals surface area contributed by atoms with E-state index < -0.39 is 5.24 Å². The number of carbonyl (C=O) groups excluding carboxylic acids is 2. The van der Waals surface area contributed by atoms with Crippen molar-refractivity contribution in [3.05, 3.63) is 59.2 Å². The molecule has 0 unspecified atom stereocenters. The Labute approximate surface area is 113 Å². The summed E-state index contributed by atoms with van der Waals surface area (Å²) in [5, 5.41) is 7.27. The largest absolute Gasteiger partial charge is 0.289 e. The first kappa shape index (κ1) is 11.7. The molecule has 3 rings (SSSR count). The number of fused-ring (bicyclic) bond motifs is 2. The van der Waals surface area contributed by atoms with Crippen LogP contribution < -0.4 is 0 Å². The van der Waals surface area contributed by atoms with Gasteiger partial charge in [-0.15, -0.1) is 5.11 Å². The Balaban J connectivity index is 1.97. The fourth-order valence-corrected chi connectivity index (χ4v) is 2.00. The summed E-state index contributed by atoms with van der Waals surface area (Å²) in [5.74, 6) is -0.157. The van der Waals surface area contributed by atoms with Crippen LogP contribution in [0.3, 0.4) is 0 Å². The fourth-order valence-electron chi connectivity index (χ4n) is 1.88. The second-order valence-corrected chi connectivity index (χ2v) is 4.42. The van der Waals surface area contributed by atoms with Gasteiger partial charge in [0, 0.05) is 11.1 Å². The zero-order chi connectivity index (χ0) is 13.4. The minimum absolute atomic E-state index is 0.157. The number of hydrogen-bond acceptors (Lipinski definition) is 4. The van der Waals surface area contributed by atoms with Gasteiger partial charge in [-0.25, -0.2) is 0 Å². The zero-order valence-electron chi connectivity index (χ0n) is 9.63. The second-order valence-electron chi connectivity index (χ2n) is 4.08. The highest BCUT2D eigenvalue weighted by Gasteiger charge is 2.17. The molecule has 0 aliphatic carbocycles. The number of halogens is 1. The van der Waals surface area contributed by atoms with E-state index in [0.29, 0.717) is 22.4 Å². The Morgan fingerprint density at radius 1 is 0.895 bits per heavy atom. The van der Waals surface area contributed by atoms with Crippen LogP contribution in [0.15, 0.2) is 52.7 Å². The minimum atomic E-state index is -0.546. The second kappa shape index (κ2) is 4.40. The molecule has 0 radical (unpaired) electrons. The minimum Gasteiger partial charge on any atom is -0.289 e. The van der Waals surface area contributed by atoms with Crippen LogP contribution >= 0.6 is 11.6 Å². The maximum absolute atomic E-state index is 12.3. The van der Waals surface area contributed by atoms with Gasteiger partial charge < -0.3 is 0 Å². The average molecular weight is 271 g/mol. The van der Waals surface area contributed by atoms with Gasteiger partial charge in [-0.1, -0.05) is 12.1 Å². The fraction of sp³-hybridized carbons (Fsp3) is 0. The van der Waals surface area contributed by atoms with Gasteiger partial charge in [0.1, 0.15) is 0 Å². The monoisotopic (exact) mass is 270 g/mol. The predicted molar refractivity (Wildman–Crippen MR) is 70.7 cm³/mol. The molecule has 5 heteroatoms. The Morgan fingerprint density at radius 2 is 1.58 bits per heavy atom. The summed E-state index contributed by atoms with van der Waals surface area (Å²) in [6, 6.07) is 11.4. The maximum Gasteiger partial charge on any atom is 0.252 e. The number of benzene rings is 2. The Morgan fingerprint density at radius 3 is 2.26 bits per heavy atom. The van der Waals surface area contributed by atoms with Crippen molar-refractivity contribution in [1.29, 1.82) is 0 Å². The number of hydrogen-bond donors (Lipinski definition) is 0. The van der Waals surface area contributed by atoms with Gasteiger partial charge in [0.15, 0.2) is 5.78 Å². The molecule has 0 amide bonds.